The topological polar surface area (TPSA) is 77.8 Å². The molecule has 0 bridgehead atoms. The van der Waals surface area contributed by atoms with Gasteiger partial charge in [-0.05, 0) is 58.0 Å². The molecule has 3 aromatic rings. The number of ether oxygens (including phenoxy) is 2. The van der Waals surface area contributed by atoms with Crippen LogP contribution < -0.4 is 4.74 Å². The maximum atomic E-state index is 13.4. The van der Waals surface area contributed by atoms with E-state index in [0.29, 0.717) is 28.5 Å². The van der Waals surface area contributed by atoms with Gasteiger partial charge in [0.2, 0.25) is 4.90 Å². The summed E-state index contributed by atoms with van der Waals surface area (Å²) in [5, 5.41) is 0.772. The van der Waals surface area contributed by atoms with Gasteiger partial charge < -0.3 is 9.47 Å². The second-order valence-corrected chi connectivity index (χ2v) is 9.02. The Morgan fingerprint density at radius 2 is 1.83 bits per heavy atom. The SMILES string of the molecule is COC(=O)CCc1cn([S+](=O)(O)c2ccc(C(C)C)cc2)c2ccc(OC)cc12. The molecule has 1 unspecified atom stereocenters. The van der Waals surface area contributed by atoms with Crippen LogP contribution in [-0.2, 0) is 30.6 Å². The first kappa shape index (κ1) is 21.1. The number of esters is 1. The molecule has 0 aliphatic rings. The molecule has 0 radical (unpaired) electrons. The molecule has 0 amide bonds. The van der Waals surface area contributed by atoms with E-state index in [9.17, 15) is 13.6 Å². The van der Waals surface area contributed by atoms with Gasteiger partial charge in [0.1, 0.15) is 11.3 Å². The molecule has 1 atom stereocenters. The number of benzene rings is 2. The average molecular weight is 417 g/mol. The van der Waals surface area contributed by atoms with Crippen molar-refractivity contribution in [1.82, 2.24) is 3.97 Å². The fourth-order valence-electron chi connectivity index (χ4n) is 3.26. The Morgan fingerprint density at radius 3 is 2.41 bits per heavy atom. The van der Waals surface area contributed by atoms with Crippen LogP contribution in [-0.4, -0.2) is 28.7 Å². The first-order valence-corrected chi connectivity index (χ1v) is 10.9. The van der Waals surface area contributed by atoms with Crippen molar-refractivity contribution in [2.24, 2.45) is 0 Å². The van der Waals surface area contributed by atoms with Gasteiger partial charge >= 0.3 is 16.4 Å². The molecule has 0 aliphatic carbocycles. The quantitative estimate of drug-likeness (QED) is 0.447. The normalized spacial score (nSPS) is 13.4. The van der Waals surface area contributed by atoms with Crippen LogP contribution >= 0.6 is 0 Å². The van der Waals surface area contributed by atoms with Crippen molar-refractivity contribution in [2.75, 3.05) is 14.2 Å². The number of carbonyl (C=O) groups excluding carboxylic acids is 1. The summed E-state index contributed by atoms with van der Waals surface area (Å²) < 4.78 is 35.9. The molecular formula is C22H26NO5S+. The van der Waals surface area contributed by atoms with Crippen LogP contribution in [0.3, 0.4) is 0 Å². The van der Waals surface area contributed by atoms with Crippen molar-refractivity contribution in [3.63, 3.8) is 0 Å². The standard InChI is InChI=1S/C22H25NO5S/c1-15(2)16-5-9-19(10-6-16)29(25,26)23-14-17(7-12-22(24)28-4)20-13-18(27-3)8-11-21(20)23/h5-6,8-11,13-15H,7,12H2,1-4H3/p+1. The molecule has 3 rings (SSSR count). The number of hydrogen-bond acceptors (Lipinski definition) is 4. The summed E-state index contributed by atoms with van der Waals surface area (Å²) in [5.41, 5.74) is 2.49. The minimum Gasteiger partial charge on any atom is -0.497 e. The molecule has 0 saturated heterocycles. The molecule has 1 heterocycles. The maximum absolute atomic E-state index is 13.4. The lowest BCUT2D eigenvalue weighted by Gasteiger charge is -2.09. The summed E-state index contributed by atoms with van der Waals surface area (Å²) in [6.07, 6.45) is 2.22. The third kappa shape index (κ3) is 4.21. The first-order valence-electron chi connectivity index (χ1n) is 9.40. The molecule has 2 aromatic carbocycles. The van der Waals surface area contributed by atoms with Crippen LogP contribution in [0.25, 0.3) is 10.9 Å². The lowest BCUT2D eigenvalue weighted by atomic mass is 10.0. The van der Waals surface area contributed by atoms with E-state index >= 15 is 0 Å². The molecule has 29 heavy (non-hydrogen) atoms. The van der Waals surface area contributed by atoms with Gasteiger partial charge in [0.15, 0.2) is 0 Å². The van der Waals surface area contributed by atoms with Gasteiger partial charge in [0.05, 0.1) is 20.4 Å². The summed E-state index contributed by atoms with van der Waals surface area (Å²) in [6, 6.07) is 12.5. The second kappa shape index (κ2) is 8.39. The van der Waals surface area contributed by atoms with Gasteiger partial charge in [0.25, 0.3) is 0 Å². The minimum absolute atomic E-state index is 0.183. The predicted molar refractivity (Wildman–Crippen MR) is 114 cm³/mol. The van der Waals surface area contributed by atoms with E-state index in [1.165, 1.54) is 11.1 Å². The zero-order valence-corrected chi connectivity index (χ0v) is 17.9. The number of fused-ring (bicyclic) bond motifs is 1. The lowest BCUT2D eigenvalue weighted by Crippen LogP contribution is -2.19. The zero-order valence-electron chi connectivity index (χ0n) is 17.0. The van der Waals surface area contributed by atoms with Crippen molar-refractivity contribution in [3.05, 3.63) is 59.8 Å². The van der Waals surface area contributed by atoms with Crippen LogP contribution in [0.4, 0.5) is 0 Å². The Kier molecular flexibility index (Phi) is 6.10. The van der Waals surface area contributed by atoms with E-state index < -0.39 is 10.4 Å². The van der Waals surface area contributed by atoms with Gasteiger partial charge in [-0.15, -0.1) is 3.97 Å². The van der Waals surface area contributed by atoms with Crippen LogP contribution in [0.2, 0.25) is 0 Å². The van der Waals surface area contributed by atoms with Crippen molar-refractivity contribution in [1.29, 1.82) is 0 Å². The third-order valence-electron chi connectivity index (χ3n) is 5.01. The maximum Gasteiger partial charge on any atom is 0.352 e. The smallest absolute Gasteiger partial charge is 0.352 e. The summed E-state index contributed by atoms with van der Waals surface area (Å²) >= 11 is 0. The second-order valence-electron chi connectivity index (χ2n) is 7.16. The first-order chi connectivity index (χ1) is 13.8. The van der Waals surface area contributed by atoms with E-state index in [0.717, 1.165) is 16.5 Å². The Bertz CT molecular complexity index is 1070. The molecule has 0 saturated carbocycles. The van der Waals surface area contributed by atoms with Crippen molar-refractivity contribution in [3.8, 4) is 5.75 Å². The summed E-state index contributed by atoms with van der Waals surface area (Å²) in [7, 11) is -0.631. The van der Waals surface area contributed by atoms with Crippen molar-refractivity contribution >= 4 is 27.3 Å². The molecule has 1 N–H and O–H groups in total. The van der Waals surface area contributed by atoms with Crippen LogP contribution in [0, 0.1) is 0 Å². The molecule has 154 valence electrons. The third-order valence-corrected chi connectivity index (χ3v) is 6.73. The number of aromatic nitrogens is 1. The summed E-state index contributed by atoms with van der Waals surface area (Å²) in [6.45, 7) is 4.15. The van der Waals surface area contributed by atoms with Gasteiger partial charge in [-0.3, -0.25) is 4.79 Å². The summed E-state index contributed by atoms with van der Waals surface area (Å²) in [4.78, 5) is 11.9. The highest BCUT2D eigenvalue weighted by Gasteiger charge is 2.34. The van der Waals surface area contributed by atoms with Crippen LogP contribution in [0.5, 0.6) is 5.75 Å². The molecule has 0 fully saturated rings. The highest BCUT2D eigenvalue weighted by atomic mass is 32.3. The molecular weight excluding hydrogens is 390 g/mol. The fourth-order valence-corrected chi connectivity index (χ4v) is 4.67. The number of hydrogen-bond donors (Lipinski definition) is 1. The highest BCUT2D eigenvalue weighted by molar-refractivity contribution is 7.96. The van der Waals surface area contributed by atoms with E-state index in [4.69, 9.17) is 9.47 Å². The fraction of sp³-hybridized carbons (Fsp3) is 0.318. The molecule has 7 heteroatoms. The Balaban J connectivity index is 2.09. The number of carbonyl (C=O) groups is 1. The van der Waals surface area contributed by atoms with Gasteiger partial charge in [0, 0.05) is 11.8 Å². The van der Waals surface area contributed by atoms with Gasteiger partial charge in [-0.25, -0.2) is 0 Å². The van der Waals surface area contributed by atoms with Crippen LogP contribution in [0.15, 0.2) is 53.6 Å². The minimum atomic E-state index is -3.54. The van der Waals surface area contributed by atoms with Crippen molar-refractivity contribution in [2.45, 2.75) is 37.5 Å². The van der Waals surface area contributed by atoms with E-state index in [1.54, 1.807) is 37.6 Å². The highest BCUT2D eigenvalue weighted by Crippen LogP contribution is 2.32. The van der Waals surface area contributed by atoms with E-state index in [2.05, 4.69) is 13.8 Å². The number of methoxy groups -OCH3 is 2. The number of aryl methyl sites for hydroxylation is 1. The van der Waals surface area contributed by atoms with Crippen molar-refractivity contribution < 1.29 is 23.0 Å². The van der Waals surface area contributed by atoms with Gasteiger partial charge in [-0.1, -0.05) is 26.0 Å². The Hall–Kier alpha value is -2.64. The van der Waals surface area contributed by atoms with Gasteiger partial charge in [-0.2, -0.15) is 4.55 Å². The van der Waals surface area contributed by atoms with Crippen LogP contribution in [0.1, 0.15) is 37.3 Å². The Labute approximate surface area is 171 Å². The zero-order chi connectivity index (χ0) is 21.2. The molecule has 6 nitrogen and oxygen atoms in total. The largest absolute Gasteiger partial charge is 0.497 e. The number of rotatable bonds is 7. The molecule has 0 aliphatic heterocycles. The predicted octanol–water partition coefficient (Wildman–Crippen LogP) is 4.67. The monoisotopic (exact) mass is 416 g/mol. The Morgan fingerprint density at radius 1 is 1.14 bits per heavy atom. The van der Waals surface area contributed by atoms with E-state index in [-0.39, 0.29) is 12.4 Å². The lowest BCUT2D eigenvalue weighted by molar-refractivity contribution is -0.140. The van der Waals surface area contributed by atoms with E-state index in [1.807, 2.05) is 18.2 Å². The molecule has 1 aromatic heterocycles. The molecule has 0 spiro atoms. The summed E-state index contributed by atoms with van der Waals surface area (Å²) in [5.74, 6) is 0.645. The average Bonchev–Trinajstić information content (AvgIpc) is 3.10. The number of nitrogens with zero attached hydrogens (tertiary/aromatic N) is 1.